The Labute approximate surface area is 122 Å². The lowest BCUT2D eigenvalue weighted by Gasteiger charge is -2.11. The normalized spacial score (nSPS) is 10.7. The van der Waals surface area contributed by atoms with Crippen LogP contribution in [0, 0.1) is 0 Å². The molecular formula is C16H26ClNO. The summed E-state index contributed by atoms with van der Waals surface area (Å²) in [6, 6.07) is 5.82. The second kappa shape index (κ2) is 10.1. The highest BCUT2D eigenvalue weighted by Gasteiger charge is 2.03. The average Bonchev–Trinajstić information content (AvgIpc) is 2.40. The molecule has 0 heterocycles. The van der Waals surface area contributed by atoms with E-state index >= 15 is 0 Å². The monoisotopic (exact) mass is 283 g/mol. The Hall–Kier alpha value is -0.730. The molecular weight excluding hydrogens is 258 g/mol. The minimum absolute atomic E-state index is 0.761. The van der Waals surface area contributed by atoms with E-state index in [0.29, 0.717) is 0 Å². The summed E-state index contributed by atoms with van der Waals surface area (Å²) >= 11 is 6.00. The maximum atomic E-state index is 6.00. The standard InChI is InChI=1S/C16H26ClNO/c1-3-4-5-6-7-8-11-19-16-10-9-15(17)12-14(16)13-18-2/h9-10,12,18H,3-8,11,13H2,1-2H3. The van der Waals surface area contributed by atoms with Gasteiger partial charge >= 0.3 is 0 Å². The highest BCUT2D eigenvalue weighted by atomic mass is 35.5. The van der Waals surface area contributed by atoms with Crippen molar-refractivity contribution in [3.63, 3.8) is 0 Å². The maximum Gasteiger partial charge on any atom is 0.123 e. The number of halogens is 1. The fourth-order valence-electron chi connectivity index (χ4n) is 2.08. The number of hydrogen-bond acceptors (Lipinski definition) is 2. The third kappa shape index (κ3) is 6.84. The molecule has 108 valence electrons. The Morgan fingerprint density at radius 2 is 1.84 bits per heavy atom. The van der Waals surface area contributed by atoms with Gasteiger partial charge in [0.15, 0.2) is 0 Å². The molecule has 0 saturated heterocycles. The van der Waals surface area contributed by atoms with E-state index in [1.54, 1.807) is 0 Å². The molecule has 1 rings (SSSR count). The Kier molecular flexibility index (Phi) is 8.68. The van der Waals surface area contributed by atoms with Crippen LogP contribution in [0.15, 0.2) is 18.2 Å². The van der Waals surface area contributed by atoms with Crippen molar-refractivity contribution in [3.05, 3.63) is 28.8 Å². The Morgan fingerprint density at radius 1 is 1.11 bits per heavy atom. The summed E-state index contributed by atoms with van der Waals surface area (Å²) in [4.78, 5) is 0. The summed E-state index contributed by atoms with van der Waals surface area (Å²) in [6.07, 6.45) is 7.71. The number of ether oxygens (including phenoxy) is 1. The molecule has 3 heteroatoms. The predicted octanol–water partition coefficient (Wildman–Crippen LogP) is 4.80. The van der Waals surface area contributed by atoms with Crippen LogP contribution in [-0.4, -0.2) is 13.7 Å². The van der Waals surface area contributed by atoms with Gasteiger partial charge in [0, 0.05) is 17.1 Å². The fraction of sp³-hybridized carbons (Fsp3) is 0.625. The zero-order valence-electron chi connectivity index (χ0n) is 12.2. The number of rotatable bonds is 10. The third-order valence-corrected chi connectivity index (χ3v) is 3.38. The van der Waals surface area contributed by atoms with Crippen LogP contribution in [0.25, 0.3) is 0 Å². The lowest BCUT2D eigenvalue weighted by Crippen LogP contribution is -2.08. The van der Waals surface area contributed by atoms with Gasteiger partial charge in [-0.25, -0.2) is 0 Å². The molecule has 1 aromatic carbocycles. The molecule has 0 spiro atoms. The van der Waals surface area contributed by atoms with Crippen LogP contribution >= 0.6 is 11.6 Å². The summed E-state index contributed by atoms with van der Waals surface area (Å²) in [7, 11) is 1.93. The summed E-state index contributed by atoms with van der Waals surface area (Å²) in [5.41, 5.74) is 1.13. The van der Waals surface area contributed by atoms with Crippen LogP contribution in [0.1, 0.15) is 51.0 Å². The molecule has 0 fully saturated rings. The Bertz CT molecular complexity index is 355. The van der Waals surface area contributed by atoms with Crippen LogP contribution in [0.2, 0.25) is 5.02 Å². The Balaban J connectivity index is 2.28. The van der Waals surface area contributed by atoms with E-state index in [0.717, 1.165) is 35.9 Å². The van der Waals surface area contributed by atoms with Crippen LogP contribution in [0.3, 0.4) is 0 Å². The van der Waals surface area contributed by atoms with Gasteiger partial charge in [0.05, 0.1) is 6.61 Å². The minimum atomic E-state index is 0.761. The van der Waals surface area contributed by atoms with Crippen molar-refractivity contribution >= 4 is 11.6 Å². The van der Waals surface area contributed by atoms with Crippen molar-refractivity contribution in [2.45, 2.75) is 52.0 Å². The van der Waals surface area contributed by atoms with E-state index in [1.807, 2.05) is 25.2 Å². The van der Waals surface area contributed by atoms with Crippen LogP contribution < -0.4 is 10.1 Å². The molecule has 1 N–H and O–H groups in total. The van der Waals surface area contributed by atoms with Gasteiger partial charge in [-0.15, -0.1) is 0 Å². The van der Waals surface area contributed by atoms with Crippen LogP contribution in [0.5, 0.6) is 5.75 Å². The van der Waals surface area contributed by atoms with Gasteiger partial charge in [-0.05, 0) is 31.7 Å². The first-order valence-electron chi connectivity index (χ1n) is 7.33. The van der Waals surface area contributed by atoms with E-state index in [-0.39, 0.29) is 0 Å². The fourth-order valence-corrected chi connectivity index (χ4v) is 2.28. The summed E-state index contributed by atoms with van der Waals surface area (Å²) in [5, 5.41) is 3.90. The van der Waals surface area contributed by atoms with Gasteiger partial charge in [-0.1, -0.05) is 50.6 Å². The molecule has 0 aliphatic rings. The van der Waals surface area contributed by atoms with Crippen LogP contribution in [-0.2, 0) is 6.54 Å². The van der Waals surface area contributed by atoms with Crippen molar-refractivity contribution in [1.82, 2.24) is 5.32 Å². The van der Waals surface area contributed by atoms with E-state index in [4.69, 9.17) is 16.3 Å². The first-order valence-corrected chi connectivity index (χ1v) is 7.71. The van der Waals surface area contributed by atoms with Gasteiger partial charge in [-0.2, -0.15) is 0 Å². The quantitative estimate of drug-likeness (QED) is 0.623. The smallest absolute Gasteiger partial charge is 0.123 e. The molecule has 19 heavy (non-hydrogen) atoms. The van der Waals surface area contributed by atoms with E-state index in [9.17, 15) is 0 Å². The van der Waals surface area contributed by atoms with Gasteiger partial charge in [0.1, 0.15) is 5.75 Å². The first kappa shape index (κ1) is 16.3. The van der Waals surface area contributed by atoms with Gasteiger partial charge < -0.3 is 10.1 Å². The lowest BCUT2D eigenvalue weighted by molar-refractivity contribution is 0.301. The second-order valence-corrected chi connectivity index (χ2v) is 5.34. The number of unbranched alkanes of at least 4 members (excludes halogenated alkanes) is 5. The summed E-state index contributed by atoms with van der Waals surface area (Å²) in [6.45, 7) is 3.82. The molecule has 0 aliphatic heterocycles. The third-order valence-electron chi connectivity index (χ3n) is 3.15. The highest BCUT2D eigenvalue weighted by Crippen LogP contribution is 2.23. The predicted molar refractivity (Wildman–Crippen MR) is 83.1 cm³/mol. The average molecular weight is 284 g/mol. The van der Waals surface area contributed by atoms with Crippen molar-refractivity contribution in [2.24, 2.45) is 0 Å². The summed E-state index contributed by atoms with van der Waals surface area (Å²) < 4.78 is 5.85. The molecule has 0 radical (unpaired) electrons. The number of benzene rings is 1. The molecule has 0 amide bonds. The van der Waals surface area contributed by atoms with E-state index in [1.165, 1.54) is 32.1 Å². The molecule has 1 aromatic rings. The molecule has 0 aliphatic carbocycles. The SMILES string of the molecule is CCCCCCCCOc1ccc(Cl)cc1CNC. The van der Waals surface area contributed by atoms with E-state index < -0.39 is 0 Å². The van der Waals surface area contributed by atoms with Crippen molar-refractivity contribution in [2.75, 3.05) is 13.7 Å². The zero-order valence-corrected chi connectivity index (χ0v) is 12.9. The largest absolute Gasteiger partial charge is 0.493 e. The van der Waals surface area contributed by atoms with Crippen LogP contribution in [0.4, 0.5) is 0 Å². The summed E-state index contributed by atoms with van der Waals surface area (Å²) in [5.74, 6) is 0.951. The maximum absolute atomic E-state index is 6.00. The topological polar surface area (TPSA) is 21.3 Å². The molecule has 2 nitrogen and oxygen atoms in total. The minimum Gasteiger partial charge on any atom is -0.493 e. The number of hydrogen-bond donors (Lipinski definition) is 1. The van der Waals surface area contributed by atoms with Gasteiger partial charge in [0.2, 0.25) is 0 Å². The second-order valence-electron chi connectivity index (χ2n) is 4.90. The Morgan fingerprint density at radius 3 is 2.58 bits per heavy atom. The van der Waals surface area contributed by atoms with Gasteiger partial charge in [-0.3, -0.25) is 0 Å². The molecule has 0 atom stereocenters. The molecule has 0 unspecified atom stereocenters. The van der Waals surface area contributed by atoms with E-state index in [2.05, 4.69) is 12.2 Å². The molecule has 0 bridgehead atoms. The number of nitrogens with one attached hydrogen (secondary N) is 1. The molecule has 0 aromatic heterocycles. The molecule has 0 saturated carbocycles. The lowest BCUT2D eigenvalue weighted by atomic mass is 10.1. The highest BCUT2D eigenvalue weighted by molar-refractivity contribution is 6.30. The van der Waals surface area contributed by atoms with Crippen molar-refractivity contribution < 1.29 is 4.74 Å². The van der Waals surface area contributed by atoms with Crippen molar-refractivity contribution in [3.8, 4) is 5.75 Å². The first-order chi connectivity index (χ1) is 9.27. The van der Waals surface area contributed by atoms with Crippen molar-refractivity contribution in [1.29, 1.82) is 0 Å². The zero-order chi connectivity index (χ0) is 13.9. The van der Waals surface area contributed by atoms with Gasteiger partial charge in [0.25, 0.3) is 0 Å².